The Labute approximate surface area is 110 Å². The highest BCUT2D eigenvalue weighted by atomic mass is 16.6. The monoisotopic (exact) mass is 252 g/mol. The number of carbonyl (C=O) groups excluding carboxylic acids is 2. The van der Waals surface area contributed by atoms with Gasteiger partial charge in [-0.05, 0) is 12.8 Å². The maximum atomic E-state index is 10.8. The van der Waals surface area contributed by atoms with Crippen molar-refractivity contribution in [1.29, 1.82) is 0 Å². The average molecular weight is 252 g/mol. The number of unbranched alkanes of at least 4 members (excludes halogenated alkanes) is 8. The zero-order chi connectivity index (χ0) is 13.2. The van der Waals surface area contributed by atoms with Gasteiger partial charge in [0, 0.05) is 0 Å². The predicted molar refractivity (Wildman–Crippen MR) is 71.0 cm³/mol. The second-order valence-corrected chi connectivity index (χ2v) is 4.91. The summed E-state index contributed by atoms with van der Waals surface area (Å²) < 4.78 is 4.26. The molecule has 102 valence electrons. The Morgan fingerprint density at radius 3 is 2.06 bits per heavy atom. The first-order chi connectivity index (χ1) is 8.75. The van der Waals surface area contributed by atoms with Crippen LogP contribution in [0.15, 0.2) is 12.2 Å². The van der Waals surface area contributed by atoms with Crippen LogP contribution in [0.25, 0.3) is 0 Å². The third-order valence-electron chi connectivity index (χ3n) is 3.26. The number of cyclic esters (lactones) is 2. The van der Waals surface area contributed by atoms with Gasteiger partial charge in [0.25, 0.3) is 0 Å². The minimum absolute atomic E-state index is 0.410. The van der Waals surface area contributed by atoms with Crippen LogP contribution in [-0.2, 0) is 14.3 Å². The molecule has 0 aromatic heterocycles. The van der Waals surface area contributed by atoms with Crippen molar-refractivity contribution in [3.8, 4) is 0 Å². The molecule has 0 bridgehead atoms. The van der Waals surface area contributed by atoms with Crippen molar-refractivity contribution < 1.29 is 14.3 Å². The number of hydrogen-bond acceptors (Lipinski definition) is 3. The molecule has 1 aliphatic rings. The lowest BCUT2D eigenvalue weighted by Gasteiger charge is -2.17. The number of allylic oxidation sites excluding steroid dienone is 1. The van der Waals surface area contributed by atoms with Gasteiger partial charge in [-0.25, -0.2) is 0 Å². The molecule has 0 radical (unpaired) electrons. The smallest absolute Gasteiger partial charge is 0.331 e. The highest BCUT2D eigenvalue weighted by Crippen LogP contribution is 2.17. The number of hydrogen-bond donors (Lipinski definition) is 0. The highest BCUT2D eigenvalue weighted by molar-refractivity contribution is 6.11. The summed E-state index contributed by atoms with van der Waals surface area (Å²) in [7, 11) is 0. The van der Waals surface area contributed by atoms with Crippen LogP contribution < -0.4 is 0 Å². The van der Waals surface area contributed by atoms with E-state index < -0.39 is 17.9 Å². The van der Waals surface area contributed by atoms with E-state index in [1.165, 1.54) is 44.9 Å². The van der Waals surface area contributed by atoms with Crippen molar-refractivity contribution in [1.82, 2.24) is 0 Å². The summed E-state index contributed by atoms with van der Waals surface area (Å²) in [5, 5.41) is 0. The number of carbonyl (C=O) groups is 2. The summed E-state index contributed by atoms with van der Waals surface area (Å²) in [6, 6.07) is 0. The van der Waals surface area contributed by atoms with E-state index in [0.717, 1.165) is 12.8 Å². The first-order valence-corrected chi connectivity index (χ1v) is 7.18. The van der Waals surface area contributed by atoms with Crippen molar-refractivity contribution in [2.75, 3.05) is 0 Å². The van der Waals surface area contributed by atoms with E-state index in [9.17, 15) is 9.59 Å². The van der Waals surface area contributed by atoms with E-state index in [0.29, 0.717) is 0 Å². The molecule has 0 aliphatic carbocycles. The molecule has 0 aromatic rings. The van der Waals surface area contributed by atoms with Crippen LogP contribution >= 0.6 is 0 Å². The van der Waals surface area contributed by atoms with Gasteiger partial charge in [-0.15, -0.1) is 0 Å². The predicted octanol–water partition coefficient (Wildman–Crippen LogP) is 3.77. The second kappa shape index (κ2) is 8.90. The van der Waals surface area contributed by atoms with Gasteiger partial charge in [0.2, 0.25) is 0 Å². The molecule has 3 nitrogen and oxygen atoms in total. The summed E-state index contributed by atoms with van der Waals surface area (Å²) in [6.45, 7) is 2.23. The molecule has 0 aromatic carbocycles. The zero-order valence-corrected chi connectivity index (χ0v) is 11.3. The Balaban J connectivity index is 1.88. The number of rotatable bonds is 10. The van der Waals surface area contributed by atoms with Crippen LogP contribution in [0.5, 0.6) is 0 Å². The standard InChI is InChI=1S/C15H24O3/c1-2-3-4-5-6-7-8-9-10-11-12-13-14(16)18-15(13)17/h11-13H,2-10H2,1H3/b12-11+. The lowest BCUT2D eigenvalue weighted by Crippen LogP contribution is -2.39. The van der Waals surface area contributed by atoms with E-state index in [1.54, 1.807) is 6.08 Å². The summed E-state index contributed by atoms with van der Waals surface area (Å²) in [5.74, 6) is -1.43. The summed E-state index contributed by atoms with van der Waals surface area (Å²) in [5.41, 5.74) is 0. The molecule has 1 heterocycles. The van der Waals surface area contributed by atoms with Gasteiger partial charge in [0.1, 0.15) is 0 Å². The minimum Gasteiger partial charge on any atom is -0.391 e. The van der Waals surface area contributed by atoms with Crippen LogP contribution in [0.1, 0.15) is 64.7 Å². The van der Waals surface area contributed by atoms with Crippen LogP contribution in [-0.4, -0.2) is 11.9 Å². The number of ether oxygens (including phenoxy) is 1. The van der Waals surface area contributed by atoms with E-state index in [-0.39, 0.29) is 0 Å². The SMILES string of the molecule is CCCCCCCCCC/C=C/C1C(=O)OC1=O. The maximum absolute atomic E-state index is 10.8. The molecule has 1 aliphatic heterocycles. The lowest BCUT2D eigenvalue weighted by molar-refractivity contribution is -0.180. The van der Waals surface area contributed by atoms with Gasteiger partial charge in [0.05, 0.1) is 0 Å². The molecule has 0 saturated carbocycles. The third-order valence-corrected chi connectivity index (χ3v) is 3.26. The number of esters is 2. The molecule has 0 unspecified atom stereocenters. The fourth-order valence-electron chi connectivity index (χ4n) is 2.05. The van der Waals surface area contributed by atoms with E-state index in [1.807, 2.05) is 6.08 Å². The highest BCUT2D eigenvalue weighted by Gasteiger charge is 2.39. The van der Waals surface area contributed by atoms with Gasteiger partial charge in [-0.2, -0.15) is 0 Å². The third kappa shape index (κ3) is 5.48. The van der Waals surface area contributed by atoms with Crippen molar-refractivity contribution in [3.63, 3.8) is 0 Å². The quantitative estimate of drug-likeness (QED) is 0.257. The topological polar surface area (TPSA) is 43.4 Å². The lowest BCUT2D eigenvalue weighted by atomic mass is 10.0. The summed E-state index contributed by atoms with van der Waals surface area (Å²) in [6.07, 6.45) is 14.9. The van der Waals surface area contributed by atoms with E-state index in [4.69, 9.17) is 0 Å². The first kappa shape index (κ1) is 14.9. The minimum atomic E-state index is -0.612. The molecule has 0 atom stereocenters. The maximum Gasteiger partial charge on any atom is 0.331 e. The Bertz CT molecular complexity index is 280. The fraction of sp³-hybridized carbons (Fsp3) is 0.733. The van der Waals surface area contributed by atoms with Crippen molar-refractivity contribution in [2.45, 2.75) is 64.7 Å². The fourth-order valence-corrected chi connectivity index (χ4v) is 2.05. The van der Waals surface area contributed by atoms with Crippen LogP contribution in [0, 0.1) is 5.92 Å². The van der Waals surface area contributed by atoms with Gasteiger partial charge >= 0.3 is 11.9 Å². The summed E-state index contributed by atoms with van der Waals surface area (Å²) >= 11 is 0. The van der Waals surface area contributed by atoms with Gasteiger partial charge in [0.15, 0.2) is 5.92 Å². The van der Waals surface area contributed by atoms with E-state index in [2.05, 4.69) is 11.7 Å². The van der Waals surface area contributed by atoms with Crippen molar-refractivity contribution in [3.05, 3.63) is 12.2 Å². The van der Waals surface area contributed by atoms with Crippen LogP contribution in [0.3, 0.4) is 0 Å². The Morgan fingerprint density at radius 1 is 0.944 bits per heavy atom. The molecule has 0 amide bonds. The average Bonchev–Trinajstić information content (AvgIpc) is 2.36. The van der Waals surface area contributed by atoms with Gasteiger partial charge in [-0.1, -0.05) is 64.0 Å². The molecular formula is C15H24O3. The molecule has 1 fully saturated rings. The molecule has 0 spiro atoms. The molecule has 3 heteroatoms. The van der Waals surface area contributed by atoms with Crippen molar-refractivity contribution in [2.24, 2.45) is 5.92 Å². The zero-order valence-electron chi connectivity index (χ0n) is 11.3. The van der Waals surface area contributed by atoms with Gasteiger partial charge < -0.3 is 4.74 Å². The summed E-state index contributed by atoms with van der Waals surface area (Å²) in [4.78, 5) is 21.7. The van der Waals surface area contributed by atoms with Gasteiger partial charge in [-0.3, -0.25) is 9.59 Å². The Kier molecular flexibility index (Phi) is 7.38. The molecule has 1 saturated heterocycles. The largest absolute Gasteiger partial charge is 0.391 e. The molecule has 0 N–H and O–H groups in total. The molecular weight excluding hydrogens is 228 g/mol. The Morgan fingerprint density at radius 2 is 1.50 bits per heavy atom. The normalized spacial score (nSPS) is 16.1. The van der Waals surface area contributed by atoms with E-state index >= 15 is 0 Å². The van der Waals surface area contributed by atoms with Crippen LogP contribution in [0.2, 0.25) is 0 Å². The Hall–Kier alpha value is -1.12. The molecule has 18 heavy (non-hydrogen) atoms. The molecule has 1 rings (SSSR count). The van der Waals surface area contributed by atoms with Crippen molar-refractivity contribution >= 4 is 11.9 Å². The second-order valence-electron chi connectivity index (χ2n) is 4.91. The first-order valence-electron chi connectivity index (χ1n) is 7.18. The van der Waals surface area contributed by atoms with Crippen LogP contribution in [0.4, 0.5) is 0 Å².